The number of nitrogens with one attached hydrogen (secondary N) is 1. The molecule has 124 valence electrons. The Kier molecular flexibility index (Phi) is 10.6. The summed E-state index contributed by atoms with van der Waals surface area (Å²) >= 11 is 0. The van der Waals surface area contributed by atoms with Crippen molar-refractivity contribution in [3.63, 3.8) is 0 Å². The maximum absolute atomic E-state index is 12.3. The predicted molar refractivity (Wildman–Crippen MR) is 79.4 cm³/mol. The first kappa shape index (κ1) is 19.7. The monoisotopic (exact) mass is 304 g/mol. The summed E-state index contributed by atoms with van der Waals surface area (Å²) in [5, 5.41) is 11.7. The van der Waals surface area contributed by atoms with Gasteiger partial charge < -0.3 is 24.8 Å². The average molecular weight is 304 g/mol. The first-order valence-electron chi connectivity index (χ1n) is 7.17. The zero-order chi connectivity index (χ0) is 16.3. The average Bonchev–Trinajstić information content (AvgIpc) is 2.41. The lowest BCUT2D eigenvalue weighted by Crippen LogP contribution is -2.48. The maximum atomic E-state index is 12.3. The SMILES string of the molecule is COCCCN(CCOC)C(=O)NC(CC(=O)O)C(C)C. The molecule has 0 aromatic rings. The number of carboxylic acids is 1. The fourth-order valence-electron chi connectivity index (χ4n) is 1.81. The van der Waals surface area contributed by atoms with Crippen LogP contribution in [-0.2, 0) is 14.3 Å². The molecule has 2 amide bonds. The number of urea groups is 1. The van der Waals surface area contributed by atoms with Gasteiger partial charge in [0.15, 0.2) is 0 Å². The second-order valence-corrected chi connectivity index (χ2v) is 5.22. The molecule has 7 heteroatoms. The third-order valence-corrected chi connectivity index (χ3v) is 3.14. The van der Waals surface area contributed by atoms with E-state index in [0.29, 0.717) is 26.3 Å². The van der Waals surface area contributed by atoms with Crippen LogP contribution in [-0.4, -0.2) is 68.6 Å². The number of rotatable bonds is 11. The van der Waals surface area contributed by atoms with Crippen LogP contribution in [0.25, 0.3) is 0 Å². The van der Waals surface area contributed by atoms with Gasteiger partial charge in [0.1, 0.15) is 0 Å². The first-order chi connectivity index (χ1) is 9.92. The van der Waals surface area contributed by atoms with Crippen LogP contribution in [0, 0.1) is 5.92 Å². The molecule has 0 radical (unpaired) electrons. The summed E-state index contributed by atoms with van der Waals surface area (Å²) in [6.07, 6.45) is 0.637. The fraction of sp³-hybridized carbons (Fsp3) is 0.857. The Morgan fingerprint density at radius 3 is 2.24 bits per heavy atom. The second kappa shape index (κ2) is 11.3. The van der Waals surface area contributed by atoms with Crippen LogP contribution in [0.5, 0.6) is 0 Å². The number of ether oxygens (including phenoxy) is 2. The van der Waals surface area contributed by atoms with Gasteiger partial charge in [-0.05, 0) is 12.3 Å². The lowest BCUT2D eigenvalue weighted by Gasteiger charge is -2.27. The molecule has 0 aliphatic rings. The molecule has 0 aromatic carbocycles. The summed E-state index contributed by atoms with van der Waals surface area (Å²) in [4.78, 5) is 24.7. The molecule has 0 heterocycles. The molecule has 0 rings (SSSR count). The normalized spacial score (nSPS) is 12.2. The molecule has 0 saturated heterocycles. The Bertz CT molecular complexity index is 310. The molecular formula is C14H28N2O5. The molecule has 0 fully saturated rings. The summed E-state index contributed by atoms with van der Waals surface area (Å²) in [7, 11) is 3.19. The van der Waals surface area contributed by atoms with E-state index in [1.54, 1.807) is 19.1 Å². The number of methoxy groups -OCH3 is 2. The molecule has 7 nitrogen and oxygen atoms in total. The van der Waals surface area contributed by atoms with E-state index >= 15 is 0 Å². The van der Waals surface area contributed by atoms with Gasteiger partial charge in [-0.2, -0.15) is 0 Å². The van der Waals surface area contributed by atoms with Crippen molar-refractivity contribution >= 4 is 12.0 Å². The molecule has 0 aliphatic carbocycles. The van der Waals surface area contributed by atoms with Gasteiger partial charge in [-0.25, -0.2) is 4.79 Å². The Balaban J connectivity index is 4.55. The third kappa shape index (κ3) is 9.25. The summed E-state index contributed by atoms with van der Waals surface area (Å²) in [6, 6.07) is -0.648. The molecule has 0 aliphatic heterocycles. The van der Waals surface area contributed by atoms with Crippen molar-refractivity contribution in [3.05, 3.63) is 0 Å². The molecule has 21 heavy (non-hydrogen) atoms. The van der Waals surface area contributed by atoms with Gasteiger partial charge in [0.2, 0.25) is 0 Å². The van der Waals surface area contributed by atoms with E-state index < -0.39 is 5.97 Å². The zero-order valence-corrected chi connectivity index (χ0v) is 13.4. The number of carboxylic acid groups (broad SMARTS) is 1. The van der Waals surface area contributed by atoms with Crippen molar-refractivity contribution in [1.29, 1.82) is 0 Å². The van der Waals surface area contributed by atoms with Crippen molar-refractivity contribution < 1.29 is 24.2 Å². The number of amides is 2. The molecule has 0 saturated carbocycles. The van der Waals surface area contributed by atoms with E-state index in [2.05, 4.69) is 5.32 Å². The Morgan fingerprint density at radius 1 is 1.14 bits per heavy atom. The summed E-state index contributed by atoms with van der Waals surface area (Å²) in [5.74, 6) is -0.870. The highest BCUT2D eigenvalue weighted by Gasteiger charge is 2.22. The highest BCUT2D eigenvalue weighted by atomic mass is 16.5. The van der Waals surface area contributed by atoms with Gasteiger partial charge in [-0.3, -0.25) is 4.79 Å². The number of aliphatic carboxylic acids is 1. The number of carbonyl (C=O) groups is 2. The van der Waals surface area contributed by atoms with Crippen LogP contribution in [0.4, 0.5) is 4.79 Å². The number of hydrogen-bond donors (Lipinski definition) is 2. The summed E-state index contributed by atoms with van der Waals surface area (Å²) in [6.45, 7) is 5.78. The van der Waals surface area contributed by atoms with E-state index in [0.717, 1.165) is 6.42 Å². The van der Waals surface area contributed by atoms with E-state index in [1.165, 1.54) is 0 Å². The smallest absolute Gasteiger partial charge is 0.317 e. The van der Waals surface area contributed by atoms with Crippen LogP contribution in [0.15, 0.2) is 0 Å². The molecule has 0 aromatic heterocycles. The number of carbonyl (C=O) groups excluding carboxylic acids is 1. The van der Waals surface area contributed by atoms with Gasteiger partial charge in [0.25, 0.3) is 0 Å². The minimum absolute atomic E-state index is 0.0494. The minimum Gasteiger partial charge on any atom is -0.481 e. The summed E-state index contributed by atoms with van der Waals surface area (Å²) < 4.78 is 9.98. The van der Waals surface area contributed by atoms with Crippen LogP contribution in [0.1, 0.15) is 26.7 Å². The van der Waals surface area contributed by atoms with E-state index in [9.17, 15) is 9.59 Å². The van der Waals surface area contributed by atoms with E-state index in [4.69, 9.17) is 14.6 Å². The number of hydrogen-bond acceptors (Lipinski definition) is 4. The molecule has 0 spiro atoms. The van der Waals surface area contributed by atoms with E-state index in [-0.39, 0.29) is 24.4 Å². The maximum Gasteiger partial charge on any atom is 0.317 e. The van der Waals surface area contributed by atoms with Gasteiger partial charge in [-0.15, -0.1) is 0 Å². The molecule has 1 atom stereocenters. The Morgan fingerprint density at radius 2 is 1.76 bits per heavy atom. The highest BCUT2D eigenvalue weighted by Crippen LogP contribution is 2.07. The largest absolute Gasteiger partial charge is 0.481 e. The van der Waals surface area contributed by atoms with Crippen LogP contribution >= 0.6 is 0 Å². The molecule has 1 unspecified atom stereocenters. The van der Waals surface area contributed by atoms with Gasteiger partial charge >= 0.3 is 12.0 Å². The standard InChI is InChI=1S/C14H28N2O5/c1-11(2)12(10-13(17)18)15-14(19)16(7-9-21-4)6-5-8-20-3/h11-12H,5-10H2,1-4H3,(H,15,19)(H,17,18). The van der Waals surface area contributed by atoms with Crippen molar-refractivity contribution in [1.82, 2.24) is 10.2 Å². The Labute approximate surface area is 126 Å². The molecule has 0 bridgehead atoms. The third-order valence-electron chi connectivity index (χ3n) is 3.14. The lowest BCUT2D eigenvalue weighted by molar-refractivity contribution is -0.137. The van der Waals surface area contributed by atoms with Crippen molar-refractivity contribution in [2.75, 3.05) is 40.5 Å². The zero-order valence-electron chi connectivity index (χ0n) is 13.4. The molecular weight excluding hydrogens is 276 g/mol. The second-order valence-electron chi connectivity index (χ2n) is 5.22. The quantitative estimate of drug-likeness (QED) is 0.560. The molecule has 2 N–H and O–H groups in total. The van der Waals surface area contributed by atoms with Crippen molar-refractivity contribution in [2.24, 2.45) is 5.92 Å². The van der Waals surface area contributed by atoms with Crippen LogP contribution < -0.4 is 5.32 Å². The lowest BCUT2D eigenvalue weighted by atomic mass is 10.0. The van der Waals surface area contributed by atoms with Crippen molar-refractivity contribution in [2.45, 2.75) is 32.7 Å². The predicted octanol–water partition coefficient (Wildman–Crippen LogP) is 1.18. The topological polar surface area (TPSA) is 88.1 Å². The van der Waals surface area contributed by atoms with Gasteiger partial charge in [0, 0.05) is 40.0 Å². The Hall–Kier alpha value is -1.34. The number of nitrogens with zero attached hydrogens (tertiary/aromatic N) is 1. The van der Waals surface area contributed by atoms with Crippen LogP contribution in [0.3, 0.4) is 0 Å². The minimum atomic E-state index is -0.920. The highest BCUT2D eigenvalue weighted by molar-refractivity contribution is 5.76. The van der Waals surface area contributed by atoms with Crippen LogP contribution in [0.2, 0.25) is 0 Å². The van der Waals surface area contributed by atoms with Gasteiger partial charge in [-0.1, -0.05) is 13.8 Å². The summed E-state index contributed by atoms with van der Waals surface area (Å²) in [5.41, 5.74) is 0. The van der Waals surface area contributed by atoms with Crippen molar-refractivity contribution in [3.8, 4) is 0 Å². The first-order valence-corrected chi connectivity index (χ1v) is 7.17. The van der Waals surface area contributed by atoms with E-state index in [1.807, 2.05) is 13.8 Å². The van der Waals surface area contributed by atoms with Gasteiger partial charge in [0.05, 0.1) is 13.0 Å². The fourth-order valence-corrected chi connectivity index (χ4v) is 1.81.